The monoisotopic (exact) mass is 285 g/mol. The number of benzene rings is 2. The molecule has 0 radical (unpaired) electrons. The zero-order valence-corrected chi connectivity index (χ0v) is 11.3. The predicted molar refractivity (Wildman–Crippen MR) is 76.9 cm³/mol. The first kappa shape index (κ1) is 13.6. The van der Waals surface area contributed by atoms with E-state index in [1.165, 1.54) is 0 Å². The van der Waals surface area contributed by atoms with Crippen molar-refractivity contribution in [2.24, 2.45) is 0 Å². The van der Waals surface area contributed by atoms with Crippen molar-refractivity contribution in [3.63, 3.8) is 0 Å². The zero-order valence-electron chi connectivity index (χ0n) is 11.3. The van der Waals surface area contributed by atoms with Crippen LogP contribution in [0.2, 0.25) is 0 Å². The number of rotatable bonds is 2. The third kappa shape index (κ3) is 2.50. The van der Waals surface area contributed by atoms with Crippen molar-refractivity contribution < 1.29 is 13.9 Å². The minimum absolute atomic E-state index is 0.114. The van der Waals surface area contributed by atoms with Crippen LogP contribution in [-0.2, 0) is 0 Å². The molecule has 1 heterocycles. The predicted octanol–water partition coefficient (Wildman–Crippen LogP) is 3.90. The molecule has 3 aromatic rings. The van der Waals surface area contributed by atoms with Gasteiger partial charge in [-0.05, 0) is 42.8 Å². The highest BCUT2D eigenvalue weighted by molar-refractivity contribution is 5.82. The largest absolute Gasteiger partial charge is 0.382 e. The van der Waals surface area contributed by atoms with Crippen molar-refractivity contribution in [1.82, 2.24) is 4.98 Å². The topological polar surface area (TPSA) is 33.1 Å². The number of hydrogen-bond donors (Lipinski definition) is 1. The maximum absolute atomic E-state index is 13.8. The maximum Gasteiger partial charge on any atom is 0.129 e. The molecule has 1 atom stereocenters. The Labute approximate surface area is 120 Å². The summed E-state index contributed by atoms with van der Waals surface area (Å²) in [5, 5.41) is 11.3. The van der Waals surface area contributed by atoms with Gasteiger partial charge in [0.25, 0.3) is 0 Å². The van der Waals surface area contributed by atoms with Crippen LogP contribution in [0.15, 0.2) is 48.5 Å². The first-order valence-electron chi connectivity index (χ1n) is 6.55. The molecule has 0 saturated carbocycles. The van der Waals surface area contributed by atoms with Crippen molar-refractivity contribution >= 4 is 10.9 Å². The van der Waals surface area contributed by atoms with E-state index in [9.17, 15) is 13.9 Å². The average molecular weight is 285 g/mol. The molecule has 0 spiro atoms. The number of aliphatic hydroxyl groups excluding tert-OH is 1. The second kappa shape index (κ2) is 5.22. The fourth-order valence-electron chi connectivity index (χ4n) is 2.40. The number of fused-ring (bicyclic) bond motifs is 1. The fraction of sp³-hybridized carbons (Fsp3) is 0.118. The van der Waals surface area contributed by atoms with Crippen LogP contribution < -0.4 is 0 Å². The van der Waals surface area contributed by atoms with Crippen LogP contribution in [0.3, 0.4) is 0 Å². The van der Waals surface area contributed by atoms with Gasteiger partial charge < -0.3 is 5.11 Å². The van der Waals surface area contributed by atoms with E-state index in [1.54, 1.807) is 6.07 Å². The first-order valence-corrected chi connectivity index (χ1v) is 6.55. The lowest BCUT2D eigenvalue weighted by atomic mass is 10.0. The van der Waals surface area contributed by atoms with Crippen LogP contribution in [0.4, 0.5) is 8.78 Å². The Hall–Kier alpha value is -2.33. The van der Waals surface area contributed by atoms with Gasteiger partial charge in [0.05, 0.1) is 11.2 Å². The van der Waals surface area contributed by atoms with E-state index in [2.05, 4.69) is 4.98 Å². The lowest BCUT2D eigenvalue weighted by Gasteiger charge is -2.14. The molecule has 2 nitrogen and oxygen atoms in total. The summed E-state index contributed by atoms with van der Waals surface area (Å²) >= 11 is 0. The Morgan fingerprint density at radius 1 is 1.05 bits per heavy atom. The van der Waals surface area contributed by atoms with Crippen LogP contribution in [0.5, 0.6) is 0 Å². The Morgan fingerprint density at radius 2 is 1.81 bits per heavy atom. The van der Waals surface area contributed by atoms with Gasteiger partial charge >= 0.3 is 0 Å². The molecule has 0 aliphatic carbocycles. The molecule has 0 aliphatic heterocycles. The summed E-state index contributed by atoms with van der Waals surface area (Å²) in [6.45, 7) is 1.89. The number of hydrogen-bond acceptors (Lipinski definition) is 2. The fourth-order valence-corrected chi connectivity index (χ4v) is 2.40. The molecule has 4 heteroatoms. The van der Waals surface area contributed by atoms with Crippen LogP contribution in [0.1, 0.15) is 22.9 Å². The molecule has 0 amide bonds. The van der Waals surface area contributed by atoms with Gasteiger partial charge in [-0.15, -0.1) is 0 Å². The van der Waals surface area contributed by atoms with Crippen molar-refractivity contribution in [2.75, 3.05) is 0 Å². The number of para-hydroxylation sites is 1. The number of pyridine rings is 1. The molecule has 1 unspecified atom stereocenters. The quantitative estimate of drug-likeness (QED) is 0.774. The Bertz CT molecular complexity index is 817. The number of aromatic nitrogens is 1. The van der Waals surface area contributed by atoms with Crippen LogP contribution >= 0.6 is 0 Å². The van der Waals surface area contributed by atoms with Crippen LogP contribution in [-0.4, -0.2) is 10.1 Å². The summed E-state index contributed by atoms with van der Waals surface area (Å²) in [4.78, 5) is 4.34. The highest BCUT2D eigenvalue weighted by Crippen LogP contribution is 2.27. The third-order valence-corrected chi connectivity index (χ3v) is 3.48. The number of nitrogens with zero attached hydrogens (tertiary/aromatic N) is 1. The minimum atomic E-state index is -1.30. The normalized spacial score (nSPS) is 12.6. The molecule has 3 rings (SSSR count). The van der Waals surface area contributed by atoms with Gasteiger partial charge in [-0.25, -0.2) is 13.8 Å². The van der Waals surface area contributed by atoms with Crippen molar-refractivity contribution in [3.8, 4) is 0 Å². The van der Waals surface area contributed by atoms with Crippen molar-refractivity contribution in [1.29, 1.82) is 0 Å². The highest BCUT2D eigenvalue weighted by Gasteiger charge is 2.18. The van der Waals surface area contributed by atoms with E-state index >= 15 is 0 Å². The van der Waals surface area contributed by atoms with E-state index in [4.69, 9.17) is 0 Å². The first-order chi connectivity index (χ1) is 10.1. The van der Waals surface area contributed by atoms with Crippen molar-refractivity contribution in [2.45, 2.75) is 13.0 Å². The lowest BCUT2D eigenvalue weighted by molar-refractivity contribution is 0.210. The number of aryl methyl sites for hydroxylation is 1. The molecule has 0 aliphatic rings. The molecule has 21 heavy (non-hydrogen) atoms. The standard InChI is InChI=1S/C17H13F2NO/c1-10-8-16(20-15-5-3-2-4-12(10)15)17(21)13-9-11(18)6-7-14(13)19/h2-9,17,21H,1H3. The molecule has 2 aromatic carbocycles. The zero-order chi connectivity index (χ0) is 15.0. The van der Waals surface area contributed by atoms with Gasteiger partial charge in [0, 0.05) is 10.9 Å². The number of halogens is 2. The number of aliphatic hydroxyl groups is 1. The van der Waals surface area contributed by atoms with Gasteiger partial charge in [-0.3, -0.25) is 0 Å². The highest BCUT2D eigenvalue weighted by atomic mass is 19.1. The summed E-state index contributed by atoms with van der Waals surface area (Å²) in [7, 11) is 0. The minimum Gasteiger partial charge on any atom is -0.382 e. The molecule has 0 bridgehead atoms. The maximum atomic E-state index is 13.8. The van der Waals surface area contributed by atoms with E-state index in [0.717, 1.165) is 29.1 Å². The SMILES string of the molecule is Cc1cc(C(O)c2cc(F)ccc2F)nc2ccccc12. The molecular formula is C17H13F2NO. The van der Waals surface area contributed by atoms with Crippen LogP contribution in [0, 0.1) is 18.6 Å². The molecule has 106 valence electrons. The van der Waals surface area contributed by atoms with Gasteiger partial charge in [0.2, 0.25) is 0 Å². The molecule has 1 N–H and O–H groups in total. The lowest BCUT2D eigenvalue weighted by Crippen LogP contribution is -2.06. The summed E-state index contributed by atoms with van der Waals surface area (Å²) in [6, 6.07) is 12.2. The second-order valence-corrected chi connectivity index (χ2v) is 4.95. The summed E-state index contributed by atoms with van der Waals surface area (Å²) in [5.41, 5.74) is 1.82. The van der Waals surface area contributed by atoms with E-state index in [-0.39, 0.29) is 5.56 Å². The molecule has 1 aromatic heterocycles. The molecule has 0 saturated heterocycles. The van der Waals surface area contributed by atoms with Gasteiger partial charge in [-0.1, -0.05) is 18.2 Å². The second-order valence-electron chi connectivity index (χ2n) is 4.95. The Kier molecular flexibility index (Phi) is 3.39. The molecular weight excluding hydrogens is 272 g/mol. The molecule has 0 fully saturated rings. The van der Waals surface area contributed by atoms with Gasteiger partial charge in [-0.2, -0.15) is 0 Å². The Balaban J connectivity index is 2.13. The van der Waals surface area contributed by atoms with E-state index in [1.807, 2.05) is 31.2 Å². The Morgan fingerprint density at radius 3 is 2.62 bits per heavy atom. The third-order valence-electron chi connectivity index (χ3n) is 3.48. The summed E-state index contributed by atoms with van der Waals surface area (Å²) in [6.07, 6.45) is -1.30. The van der Waals surface area contributed by atoms with E-state index < -0.39 is 17.7 Å². The summed E-state index contributed by atoms with van der Waals surface area (Å²) in [5.74, 6) is -1.25. The van der Waals surface area contributed by atoms with Crippen LogP contribution in [0.25, 0.3) is 10.9 Å². The van der Waals surface area contributed by atoms with E-state index in [0.29, 0.717) is 11.2 Å². The van der Waals surface area contributed by atoms with Gasteiger partial charge in [0.15, 0.2) is 0 Å². The van der Waals surface area contributed by atoms with Gasteiger partial charge in [0.1, 0.15) is 17.7 Å². The average Bonchev–Trinajstić information content (AvgIpc) is 2.49. The van der Waals surface area contributed by atoms with Crippen molar-refractivity contribution in [3.05, 3.63) is 77.0 Å². The summed E-state index contributed by atoms with van der Waals surface area (Å²) < 4.78 is 27.0. The smallest absolute Gasteiger partial charge is 0.129 e.